The van der Waals surface area contributed by atoms with Gasteiger partial charge in [0.15, 0.2) is 11.5 Å². The van der Waals surface area contributed by atoms with Crippen molar-refractivity contribution in [3.05, 3.63) is 17.7 Å². The summed E-state index contributed by atoms with van der Waals surface area (Å²) in [5.74, 6) is 0.683. The van der Waals surface area contributed by atoms with Crippen molar-refractivity contribution in [2.45, 2.75) is 26.4 Å². The Morgan fingerprint density at radius 1 is 1.31 bits per heavy atom. The smallest absolute Gasteiger partial charge is 0.203 e. The van der Waals surface area contributed by atoms with Crippen molar-refractivity contribution in [3.63, 3.8) is 0 Å². The normalized spacial score (nSPS) is 11.3. The van der Waals surface area contributed by atoms with Crippen LogP contribution in [-0.2, 0) is 5.60 Å². The maximum absolute atomic E-state index is 9.86. The quantitative estimate of drug-likeness (QED) is 0.824. The lowest BCUT2D eigenvalue weighted by Crippen LogP contribution is -2.15. The van der Waals surface area contributed by atoms with Gasteiger partial charge < -0.3 is 19.7 Å². The van der Waals surface area contributed by atoms with Crippen molar-refractivity contribution in [1.82, 2.24) is 0 Å². The van der Waals surface area contributed by atoms with Crippen LogP contribution in [0.2, 0.25) is 0 Å². The highest BCUT2D eigenvalue weighted by atomic mass is 16.5. The Hall–Kier alpha value is -1.42. The first-order valence-electron chi connectivity index (χ1n) is 5.16. The number of hydrogen-bond donors (Lipinski definition) is 2. The number of aromatic hydroxyl groups is 1. The first kappa shape index (κ1) is 12.6. The largest absolute Gasteiger partial charge is 0.504 e. The van der Waals surface area contributed by atoms with E-state index in [1.165, 1.54) is 13.2 Å². The maximum atomic E-state index is 9.86. The number of rotatable bonds is 4. The van der Waals surface area contributed by atoms with Gasteiger partial charge in [0.2, 0.25) is 5.75 Å². The predicted molar refractivity (Wildman–Crippen MR) is 61.1 cm³/mol. The molecule has 0 aliphatic carbocycles. The molecule has 0 atom stereocenters. The Labute approximate surface area is 95.4 Å². The second kappa shape index (κ2) is 4.61. The van der Waals surface area contributed by atoms with Crippen molar-refractivity contribution >= 4 is 0 Å². The molecule has 0 aromatic heterocycles. The van der Waals surface area contributed by atoms with Crippen molar-refractivity contribution in [2.75, 3.05) is 13.7 Å². The highest BCUT2D eigenvalue weighted by Crippen LogP contribution is 2.40. The molecule has 4 nitrogen and oxygen atoms in total. The van der Waals surface area contributed by atoms with Crippen LogP contribution >= 0.6 is 0 Å². The predicted octanol–water partition coefficient (Wildman–Crippen LogP) is 2.03. The molecule has 0 unspecified atom stereocenters. The summed E-state index contributed by atoms with van der Waals surface area (Å²) in [6.45, 7) is 5.59. The highest BCUT2D eigenvalue weighted by molar-refractivity contribution is 5.54. The van der Waals surface area contributed by atoms with Crippen LogP contribution in [0.1, 0.15) is 26.3 Å². The molecule has 0 fully saturated rings. The third kappa shape index (κ3) is 2.58. The zero-order valence-corrected chi connectivity index (χ0v) is 10.1. The topological polar surface area (TPSA) is 58.9 Å². The molecule has 0 aliphatic rings. The summed E-state index contributed by atoms with van der Waals surface area (Å²) in [7, 11) is 1.46. The van der Waals surface area contributed by atoms with Gasteiger partial charge in [-0.25, -0.2) is 0 Å². The van der Waals surface area contributed by atoms with Crippen molar-refractivity contribution < 1.29 is 19.7 Å². The van der Waals surface area contributed by atoms with Crippen LogP contribution in [0.5, 0.6) is 17.2 Å². The summed E-state index contributed by atoms with van der Waals surface area (Å²) in [4.78, 5) is 0. The fourth-order valence-electron chi connectivity index (χ4n) is 1.41. The van der Waals surface area contributed by atoms with E-state index in [0.29, 0.717) is 17.9 Å². The first-order valence-corrected chi connectivity index (χ1v) is 5.16. The van der Waals surface area contributed by atoms with Gasteiger partial charge in [0.25, 0.3) is 0 Å². The summed E-state index contributed by atoms with van der Waals surface area (Å²) >= 11 is 0. The van der Waals surface area contributed by atoms with E-state index in [1.54, 1.807) is 19.9 Å². The van der Waals surface area contributed by atoms with Gasteiger partial charge in [-0.15, -0.1) is 0 Å². The average molecular weight is 226 g/mol. The van der Waals surface area contributed by atoms with E-state index in [1.807, 2.05) is 6.92 Å². The van der Waals surface area contributed by atoms with Crippen LogP contribution in [0.25, 0.3) is 0 Å². The Bertz CT molecular complexity index is 366. The van der Waals surface area contributed by atoms with Gasteiger partial charge in [-0.1, -0.05) is 0 Å². The van der Waals surface area contributed by atoms with Crippen LogP contribution in [0.4, 0.5) is 0 Å². The molecule has 0 saturated carbocycles. The standard InChI is InChI=1S/C12H18O4/c1-5-16-10-7-8(12(2,3)14)6-9(13)11(10)15-4/h6-7,13-14H,5H2,1-4H3. The zero-order valence-electron chi connectivity index (χ0n) is 10.1. The fraction of sp³-hybridized carbons (Fsp3) is 0.500. The molecule has 0 radical (unpaired) electrons. The Kier molecular flexibility index (Phi) is 3.65. The molecule has 0 spiro atoms. The monoisotopic (exact) mass is 226 g/mol. The average Bonchev–Trinajstić information content (AvgIpc) is 2.16. The van der Waals surface area contributed by atoms with Crippen LogP contribution in [0.15, 0.2) is 12.1 Å². The number of phenols is 1. The lowest BCUT2D eigenvalue weighted by atomic mass is 9.97. The SMILES string of the molecule is CCOc1cc(C(C)(C)O)cc(O)c1OC. The van der Waals surface area contributed by atoms with Gasteiger partial charge in [0.1, 0.15) is 0 Å². The minimum absolute atomic E-state index is 0.0365. The number of ether oxygens (including phenoxy) is 2. The lowest BCUT2D eigenvalue weighted by molar-refractivity contribution is 0.0778. The second-order valence-corrected chi connectivity index (χ2v) is 4.02. The molecule has 2 N–H and O–H groups in total. The van der Waals surface area contributed by atoms with Crippen LogP contribution in [-0.4, -0.2) is 23.9 Å². The molecule has 0 heterocycles. The van der Waals surface area contributed by atoms with Gasteiger partial charge in [0.05, 0.1) is 19.3 Å². The van der Waals surface area contributed by atoms with Gasteiger partial charge in [-0.2, -0.15) is 0 Å². The number of aliphatic hydroxyl groups is 1. The van der Waals surface area contributed by atoms with E-state index in [2.05, 4.69) is 0 Å². The zero-order chi connectivity index (χ0) is 12.3. The summed E-state index contributed by atoms with van der Waals surface area (Å²) < 4.78 is 10.4. The molecule has 1 aromatic carbocycles. The van der Waals surface area contributed by atoms with Gasteiger partial charge in [0, 0.05) is 0 Å². The summed E-state index contributed by atoms with van der Waals surface area (Å²) in [6.07, 6.45) is 0. The molecule has 1 rings (SSSR count). The van der Waals surface area contributed by atoms with E-state index in [-0.39, 0.29) is 11.5 Å². The molecule has 0 bridgehead atoms. The van der Waals surface area contributed by atoms with Crippen LogP contribution < -0.4 is 9.47 Å². The minimum Gasteiger partial charge on any atom is -0.504 e. The van der Waals surface area contributed by atoms with E-state index in [9.17, 15) is 10.2 Å². The number of benzene rings is 1. The Morgan fingerprint density at radius 3 is 2.38 bits per heavy atom. The van der Waals surface area contributed by atoms with Crippen molar-refractivity contribution in [2.24, 2.45) is 0 Å². The second-order valence-electron chi connectivity index (χ2n) is 4.02. The molecule has 16 heavy (non-hydrogen) atoms. The van der Waals surface area contributed by atoms with Crippen molar-refractivity contribution in [3.8, 4) is 17.2 Å². The summed E-state index contributed by atoms with van der Waals surface area (Å²) in [5.41, 5.74) is -0.454. The molecule has 0 aliphatic heterocycles. The molecular weight excluding hydrogens is 208 g/mol. The number of methoxy groups -OCH3 is 1. The molecule has 4 heteroatoms. The van der Waals surface area contributed by atoms with Crippen molar-refractivity contribution in [1.29, 1.82) is 0 Å². The minimum atomic E-state index is -1.03. The fourth-order valence-corrected chi connectivity index (χ4v) is 1.41. The maximum Gasteiger partial charge on any atom is 0.203 e. The third-order valence-electron chi connectivity index (χ3n) is 2.25. The Balaban J connectivity index is 3.28. The van der Waals surface area contributed by atoms with E-state index < -0.39 is 5.60 Å². The molecule has 0 saturated heterocycles. The number of phenolic OH excluding ortho intramolecular Hbond substituents is 1. The molecule has 1 aromatic rings. The number of hydrogen-bond acceptors (Lipinski definition) is 4. The summed E-state index contributed by atoms with van der Waals surface area (Å²) in [6, 6.07) is 3.14. The van der Waals surface area contributed by atoms with E-state index in [0.717, 1.165) is 0 Å². The highest BCUT2D eigenvalue weighted by Gasteiger charge is 2.21. The third-order valence-corrected chi connectivity index (χ3v) is 2.25. The van der Waals surface area contributed by atoms with E-state index >= 15 is 0 Å². The summed E-state index contributed by atoms with van der Waals surface area (Å²) in [5, 5.41) is 19.6. The molecular formula is C12H18O4. The van der Waals surface area contributed by atoms with Gasteiger partial charge in [-0.05, 0) is 38.5 Å². The van der Waals surface area contributed by atoms with Crippen LogP contribution in [0.3, 0.4) is 0 Å². The van der Waals surface area contributed by atoms with Gasteiger partial charge >= 0.3 is 0 Å². The lowest BCUT2D eigenvalue weighted by Gasteiger charge is -2.20. The Morgan fingerprint density at radius 2 is 1.94 bits per heavy atom. The molecule has 0 amide bonds. The first-order chi connectivity index (χ1) is 7.40. The van der Waals surface area contributed by atoms with E-state index in [4.69, 9.17) is 9.47 Å². The van der Waals surface area contributed by atoms with Gasteiger partial charge in [-0.3, -0.25) is 0 Å². The van der Waals surface area contributed by atoms with Crippen LogP contribution in [0, 0.1) is 0 Å². The molecule has 90 valence electrons.